The highest BCUT2D eigenvalue weighted by Crippen LogP contribution is 2.33. The summed E-state index contributed by atoms with van der Waals surface area (Å²) in [5.74, 6) is 1.50. The predicted molar refractivity (Wildman–Crippen MR) is 213 cm³/mol. The summed E-state index contributed by atoms with van der Waals surface area (Å²) in [6.45, 7) is 9.35. The van der Waals surface area contributed by atoms with Gasteiger partial charge in [0.2, 0.25) is 23.6 Å². The minimum Gasteiger partial charge on any atom is -0.445 e. The Morgan fingerprint density at radius 3 is 2.54 bits per heavy atom. The van der Waals surface area contributed by atoms with E-state index in [1.807, 2.05) is 43.5 Å². The van der Waals surface area contributed by atoms with Gasteiger partial charge < -0.3 is 24.0 Å². The lowest BCUT2D eigenvalue weighted by molar-refractivity contribution is -0.135. The standard InChI is InChI=1S/C40H45N9O5S2/c1-6-7-31(47(5)38(52)29(19-41)18-33-42-14-17-53-33)27-10-8-26(9-11-27)30-20-45-49(23-30)24-35(50)48-15-12-28(13-16-48)37(51)46-39-44-22-36(56-39)55-25-34-43-21-32(54-34)40(2,3)4/h8-11,14,17-18,20-23,28,31H,6-7,12-13,15-16,24-25H2,1-5H3,(H,44,46,51)/b29-18+. The Kier molecular flexibility index (Phi) is 12.9. The van der Waals surface area contributed by atoms with Crippen molar-refractivity contribution in [3.05, 3.63) is 90.2 Å². The van der Waals surface area contributed by atoms with Gasteiger partial charge in [0.1, 0.15) is 30.2 Å². The number of likely N-dealkylation sites (tertiary alicyclic amines) is 1. The molecule has 0 aliphatic carbocycles. The first kappa shape index (κ1) is 40.1. The zero-order valence-corrected chi connectivity index (χ0v) is 33.7. The lowest BCUT2D eigenvalue weighted by Crippen LogP contribution is -2.42. The third-order valence-electron chi connectivity index (χ3n) is 9.54. The van der Waals surface area contributed by atoms with Gasteiger partial charge in [-0.1, -0.05) is 69.7 Å². The molecule has 1 unspecified atom stereocenters. The van der Waals surface area contributed by atoms with Crippen molar-refractivity contribution in [2.24, 2.45) is 5.92 Å². The maximum Gasteiger partial charge on any atom is 0.264 e. The molecule has 5 heterocycles. The number of likely N-dealkylation sites (N-methyl/N-ethyl adjacent to an activating group) is 1. The van der Waals surface area contributed by atoms with Crippen LogP contribution in [0.15, 0.2) is 80.1 Å². The SMILES string of the molecule is CCCC(c1ccc(-c2cnn(CC(=O)N3CCC(C(=O)Nc4ncc(SCc5ncc(C(C)(C)C)o5)s4)CC3)c2)cc1)N(C)C(=O)/C(C#N)=C/c1ncco1. The summed E-state index contributed by atoms with van der Waals surface area (Å²) < 4.78 is 13.6. The first-order valence-corrected chi connectivity index (χ1v) is 20.3. The van der Waals surface area contributed by atoms with Gasteiger partial charge in [0.05, 0.1) is 40.8 Å². The van der Waals surface area contributed by atoms with Gasteiger partial charge in [-0.15, -0.1) is 11.8 Å². The van der Waals surface area contributed by atoms with Crippen molar-refractivity contribution in [1.82, 2.24) is 34.5 Å². The quantitative estimate of drug-likeness (QED) is 0.0675. The molecule has 292 valence electrons. The van der Waals surface area contributed by atoms with Crippen LogP contribution < -0.4 is 5.32 Å². The molecule has 1 aliphatic heterocycles. The van der Waals surface area contributed by atoms with Crippen LogP contribution in [0.1, 0.15) is 82.5 Å². The molecule has 6 rings (SSSR count). The van der Waals surface area contributed by atoms with Crippen LogP contribution in [0.25, 0.3) is 17.2 Å². The van der Waals surface area contributed by atoms with Crippen molar-refractivity contribution < 1.29 is 23.2 Å². The predicted octanol–water partition coefficient (Wildman–Crippen LogP) is 7.36. The summed E-state index contributed by atoms with van der Waals surface area (Å²) in [5, 5.41) is 17.6. The highest BCUT2D eigenvalue weighted by molar-refractivity contribution is 8.00. The molecule has 0 bridgehead atoms. The van der Waals surface area contributed by atoms with Crippen LogP contribution in [0.5, 0.6) is 0 Å². The number of aromatic nitrogens is 5. The van der Waals surface area contributed by atoms with Crippen LogP contribution in [-0.4, -0.2) is 72.4 Å². The molecule has 1 atom stereocenters. The summed E-state index contributed by atoms with van der Waals surface area (Å²) in [6, 6.07) is 9.61. The van der Waals surface area contributed by atoms with Crippen molar-refractivity contribution in [3.63, 3.8) is 0 Å². The number of nitriles is 1. The van der Waals surface area contributed by atoms with Gasteiger partial charge in [0.25, 0.3) is 5.91 Å². The van der Waals surface area contributed by atoms with E-state index in [1.165, 1.54) is 29.9 Å². The van der Waals surface area contributed by atoms with Crippen molar-refractivity contribution in [2.45, 2.75) is 81.3 Å². The average Bonchev–Trinajstić information content (AvgIpc) is 4.04. The van der Waals surface area contributed by atoms with E-state index in [-0.39, 0.29) is 47.2 Å². The Morgan fingerprint density at radius 2 is 1.88 bits per heavy atom. The number of carbonyl (C=O) groups excluding carboxylic acids is 3. The van der Waals surface area contributed by atoms with E-state index < -0.39 is 5.91 Å². The number of thiazole rings is 1. The lowest BCUT2D eigenvalue weighted by atomic mass is 9.94. The number of piperidine rings is 1. The van der Waals surface area contributed by atoms with Crippen LogP contribution in [0.3, 0.4) is 0 Å². The zero-order chi connectivity index (χ0) is 39.8. The first-order chi connectivity index (χ1) is 26.9. The largest absolute Gasteiger partial charge is 0.445 e. The number of oxazole rings is 2. The maximum absolute atomic E-state index is 13.3. The van der Waals surface area contributed by atoms with Crippen LogP contribution >= 0.6 is 23.1 Å². The first-order valence-electron chi connectivity index (χ1n) is 18.5. The number of thioether (sulfide) groups is 1. The Balaban J connectivity index is 0.970. The van der Waals surface area contributed by atoms with Crippen LogP contribution in [0, 0.1) is 17.2 Å². The molecule has 56 heavy (non-hydrogen) atoms. The molecular weight excluding hydrogens is 751 g/mol. The second-order valence-corrected chi connectivity index (χ2v) is 16.9. The van der Waals surface area contributed by atoms with Crippen molar-refractivity contribution in [3.8, 4) is 17.2 Å². The number of amides is 3. The molecule has 0 spiro atoms. The van der Waals surface area contributed by atoms with Crippen molar-refractivity contribution >= 4 is 52.0 Å². The number of rotatable bonds is 14. The van der Waals surface area contributed by atoms with Crippen LogP contribution in [-0.2, 0) is 32.1 Å². The smallest absolute Gasteiger partial charge is 0.264 e. The highest BCUT2D eigenvalue weighted by atomic mass is 32.2. The van der Waals surface area contributed by atoms with Crippen LogP contribution in [0.4, 0.5) is 5.13 Å². The molecule has 1 aromatic carbocycles. The topological polar surface area (TPSA) is 176 Å². The molecule has 14 nitrogen and oxygen atoms in total. The molecule has 16 heteroatoms. The van der Waals surface area contributed by atoms with E-state index in [9.17, 15) is 19.6 Å². The number of nitrogens with one attached hydrogen (secondary N) is 1. The molecule has 1 N–H and O–H groups in total. The molecule has 5 aromatic rings. The molecule has 0 radical (unpaired) electrons. The Labute approximate surface area is 334 Å². The Bertz CT molecular complexity index is 2180. The number of nitrogens with zero attached hydrogens (tertiary/aromatic N) is 8. The third-order valence-corrected chi connectivity index (χ3v) is 11.6. The minimum atomic E-state index is -0.415. The molecule has 0 saturated carbocycles. The van der Waals surface area contributed by atoms with Gasteiger partial charge >= 0.3 is 0 Å². The molecule has 3 amide bonds. The summed E-state index contributed by atoms with van der Waals surface area (Å²) >= 11 is 2.98. The van der Waals surface area contributed by atoms with Crippen LogP contribution in [0.2, 0.25) is 0 Å². The fourth-order valence-corrected chi connectivity index (χ4v) is 8.06. The van der Waals surface area contributed by atoms with E-state index in [1.54, 1.807) is 51.9 Å². The van der Waals surface area contributed by atoms with Crippen molar-refractivity contribution in [2.75, 3.05) is 25.5 Å². The summed E-state index contributed by atoms with van der Waals surface area (Å²) in [5.41, 5.74) is 2.54. The molecule has 1 fully saturated rings. The van der Waals surface area contributed by atoms with Gasteiger partial charge in [0.15, 0.2) is 5.13 Å². The van der Waals surface area contributed by atoms with Crippen molar-refractivity contribution in [1.29, 1.82) is 5.26 Å². The monoisotopic (exact) mass is 795 g/mol. The Morgan fingerprint density at radius 1 is 1.11 bits per heavy atom. The average molecular weight is 796 g/mol. The second-order valence-electron chi connectivity index (χ2n) is 14.6. The summed E-state index contributed by atoms with van der Waals surface area (Å²) in [4.78, 5) is 55.7. The Hall–Kier alpha value is -5.53. The number of hydrogen-bond acceptors (Lipinski definition) is 12. The van der Waals surface area contributed by atoms with E-state index in [2.05, 4.69) is 46.1 Å². The number of anilines is 1. The van der Waals surface area contributed by atoms with Gasteiger partial charge in [-0.25, -0.2) is 15.0 Å². The van der Waals surface area contributed by atoms with E-state index >= 15 is 0 Å². The third kappa shape index (κ3) is 10.0. The fourth-order valence-electron chi connectivity index (χ4n) is 6.33. The summed E-state index contributed by atoms with van der Waals surface area (Å²) in [6.07, 6.45) is 13.9. The highest BCUT2D eigenvalue weighted by Gasteiger charge is 2.29. The van der Waals surface area contributed by atoms with Gasteiger partial charge in [-0.2, -0.15) is 10.4 Å². The number of carbonyl (C=O) groups is 3. The minimum absolute atomic E-state index is 0.0557. The second kappa shape index (κ2) is 17.9. The number of benzene rings is 1. The summed E-state index contributed by atoms with van der Waals surface area (Å²) in [7, 11) is 1.69. The molecule has 4 aromatic heterocycles. The molecule has 1 aliphatic rings. The molecule has 1 saturated heterocycles. The normalized spacial score (nSPS) is 14.4. The van der Waals surface area contributed by atoms with Gasteiger partial charge in [-0.3, -0.25) is 19.1 Å². The van der Waals surface area contributed by atoms with E-state index in [0.29, 0.717) is 49.1 Å². The van der Waals surface area contributed by atoms with Gasteiger partial charge in [0, 0.05) is 49.3 Å². The van der Waals surface area contributed by atoms with E-state index in [4.69, 9.17) is 8.83 Å². The maximum atomic E-state index is 13.3. The molecular formula is C40H45N9O5S2. The number of hydrogen-bond donors (Lipinski definition) is 1. The zero-order valence-electron chi connectivity index (χ0n) is 32.1. The fraction of sp³-hybridized carbons (Fsp3) is 0.400. The lowest BCUT2D eigenvalue weighted by Gasteiger charge is -2.31. The van der Waals surface area contributed by atoms with Gasteiger partial charge in [-0.05, 0) is 30.4 Å². The van der Waals surface area contributed by atoms with E-state index in [0.717, 1.165) is 33.1 Å².